The lowest BCUT2D eigenvalue weighted by atomic mass is 10.1. The SMILES string of the molecule is CC[C@@H](N)c1ccc(SCc2ccc(Cl)cc2)cn1. The Morgan fingerprint density at radius 3 is 2.53 bits per heavy atom. The zero-order chi connectivity index (χ0) is 13.7. The standard InChI is InChI=1S/C15H17ClN2S/c1-2-14(17)15-8-7-13(9-18-15)19-10-11-3-5-12(16)6-4-11/h3-9,14H,2,10,17H2,1H3/t14-/m1/s1. The maximum atomic E-state index is 5.94. The smallest absolute Gasteiger partial charge is 0.0571 e. The minimum Gasteiger partial charge on any atom is -0.323 e. The second-order valence-electron chi connectivity index (χ2n) is 4.35. The monoisotopic (exact) mass is 292 g/mol. The molecule has 0 saturated carbocycles. The summed E-state index contributed by atoms with van der Waals surface area (Å²) in [6.45, 7) is 2.07. The van der Waals surface area contributed by atoms with Crippen molar-refractivity contribution in [2.24, 2.45) is 5.73 Å². The predicted octanol–water partition coefficient (Wildman–Crippen LogP) is 4.44. The molecule has 2 aromatic rings. The number of halogens is 1. The first kappa shape index (κ1) is 14.4. The van der Waals surface area contributed by atoms with Gasteiger partial charge in [0.1, 0.15) is 0 Å². The highest BCUT2D eigenvalue weighted by Crippen LogP contribution is 2.24. The Kier molecular flexibility index (Phi) is 5.25. The molecular formula is C15H17ClN2S. The van der Waals surface area contributed by atoms with Crippen LogP contribution in [0.5, 0.6) is 0 Å². The number of aromatic nitrogens is 1. The number of nitrogens with two attached hydrogens (primary N) is 1. The van der Waals surface area contributed by atoms with E-state index in [1.54, 1.807) is 11.8 Å². The van der Waals surface area contributed by atoms with Crippen LogP contribution in [0.3, 0.4) is 0 Å². The molecule has 1 heterocycles. The third kappa shape index (κ3) is 4.23. The predicted molar refractivity (Wildman–Crippen MR) is 82.5 cm³/mol. The van der Waals surface area contributed by atoms with Crippen molar-refractivity contribution >= 4 is 23.4 Å². The largest absolute Gasteiger partial charge is 0.323 e. The van der Waals surface area contributed by atoms with Crippen molar-refractivity contribution in [2.75, 3.05) is 0 Å². The average molecular weight is 293 g/mol. The third-order valence-electron chi connectivity index (χ3n) is 2.90. The second kappa shape index (κ2) is 6.94. The molecular weight excluding hydrogens is 276 g/mol. The number of benzene rings is 1. The van der Waals surface area contributed by atoms with E-state index in [0.717, 1.165) is 27.8 Å². The lowest BCUT2D eigenvalue weighted by molar-refractivity contribution is 0.674. The quantitative estimate of drug-likeness (QED) is 0.828. The minimum absolute atomic E-state index is 0.0373. The lowest BCUT2D eigenvalue weighted by Crippen LogP contribution is -2.10. The van der Waals surface area contributed by atoms with Gasteiger partial charge in [0.15, 0.2) is 0 Å². The highest BCUT2D eigenvalue weighted by atomic mass is 35.5. The van der Waals surface area contributed by atoms with Crippen molar-refractivity contribution in [3.05, 3.63) is 58.9 Å². The fraction of sp³-hybridized carbons (Fsp3) is 0.267. The van der Waals surface area contributed by atoms with E-state index < -0.39 is 0 Å². The van der Waals surface area contributed by atoms with Crippen molar-refractivity contribution in [2.45, 2.75) is 30.0 Å². The van der Waals surface area contributed by atoms with E-state index in [4.69, 9.17) is 17.3 Å². The summed E-state index contributed by atoms with van der Waals surface area (Å²) in [5, 5.41) is 0.772. The number of hydrogen-bond acceptors (Lipinski definition) is 3. The molecule has 1 atom stereocenters. The lowest BCUT2D eigenvalue weighted by Gasteiger charge is -2.08. The first-order valence-electron chi connectivity index (χ1n) is 6.28. The maximum absolute atomic E-state index is 5.94. The summed E-state index contributed by atoms with van der Waals surface area (Å²) in [6, 6.07) is 12.1. The van der Waals surface area contributed by atoms with Gasteiger partial charge in [0.2, 0.25) is 0 Å². The normalized spacial score (nSPS) is 12.4. The van der Waals surface area contributed by atoms with Crippen LogP contribution in [0.2, 0.25) is 5.02 Å². The van der Waals surface area contributed by atoms with E-state index in [2.05, 4.69) is 18.0 Å². The van der Waals surface area contributed by atoms with Crippen LogP contribution < -0.4 is 5.73 Å². The molecule has 0 spiro atoms. The van der Waals surface area contributed by atoms with Crippen LogP contribution in [0.1, 0.15) is 30.6 Å². The summed E-state index contributed by atoms with van der Waals surface area (Å²) in [7, 11) is 0. The Balaban J connectivity index is 1.94. The van der Waals surface area contributed by atoms with Crippen molar-refractivity contribution in [1.29, 1.82) is 0 Å². The van der Waals surface area contributed by atoms with Gasteiger partial charge < -0.3 is 5.73 Å². The molecule has 0 aliphatic rings. The molecule has 0 aliphatic carbocycles. The summed E-state index contributed by atoms with van der Waals surface area (Å²) in [5.41, 5.74) is 8.15. The van der Waals surface area contributed by atoms with Crippen molar-refractivity contribution in [3.63, 3.8) is 0 Å². The van der Waals surface area contributed by atoms with Gasteiger partial charge in [-0.2, -0.15) is 0 Å². The molecule has 0 bridgehead atoms. The number of hydrogen-bond donors (Lipinski definition) is 1. The molecule has 0 aliphatic heterocycles. The van der Waals surface area contributed by atoms with E-state index in [1.165, 1.54) is 5.56 Å². The van der Waals surface area contributed by atoms with Gasteiger partial charge in [-0.3, -0.25) is 4.98 Å². The first-order valence-corrected chi connectivity index (χ1v) is 7.64. The molecule has 2 rings (SSSR count). The Labute approximate surface area is 123 Å². The number of nitrogens with zero attached hydrogens (tertiary/aromatic N) is 1. The highest BCUT2D eigenvalue weighted by molar-refractivity contribution is 7.98. The average Bonchev–Trinajstić information content (AvgIpc) is 2.46. The number of pyridine rings is 1. The minimum atomic E-state index is 0.0373. The molecule has 4 heteroatoms. The van der Waals surface area contributed by atoms with Crippen LogP contribution in [0.4, 0.5) is 0 Å². The van der Waals surface area contributed by atoms with Crippen LogP contribution >= 0.6 is 23.4 Å². The topological polar surface area (TPSA) is 38.9 Å². The molecule has 1 aromatic heterocycles. The van der Waals surface area contributed by atoms with Gasteiger partial charge in [-0.25, -0.2) is 0 Å². The molecule has 2 N–H and O–H groups in total. The van der Waals surface area contributed by atoms with Crippen molar-refractivity contribution in [1.82, 2.24) is 4.98 Å². The molecule has 100 valence electrons. The maximum Gasteiger partial charge on any atom is 0.0571 e. The Morgan fingerprint density at radius 1 is 1.21 bits per heavy atom. The van der Waals surface area contributed by atoms with Gasteiger partial charge in [0.25, 0.3) is 0 Å². The number of thioether (sulfide) groups is 1. The van der Waals surface area contributed by atoms with Gasteiger partial charge in [-0.1, -0.05) is 30.7 Å². The molecule has 19 heavy (non-hydrogen) atoms. The third-order valence-corrected chi connectivity index (χ3v) is 4.20. The van der Waals surface area contributed by atoms with E-state index >= 15 is 0 Å². The molecule has 1 aromatic carbocycles. The van der Waals surface area contributed by atoms with Crippen molar-refractivity contribution < 1.29 is 0 Å². The zero-order valence-corrected chi connectivity index (χ0v) is 12.4. The van der Waals surface area contributed by atoms with Crippen LogP contribution in [-0.2, 0) is 5.75 Å². The van der Waals surface area contributed by atoms with Gasteiger partial charge in [0.05, 0.1) is 5.69 Å². The van der Waals surface area contributed by atoms with Crippen LogP contribution in [0, 0.1) is 0 Å². The van der Waals surface area contributed by atoms with Gasteiger partial charge in [0, 0.05) is 27.9 Å². The summed E-state index contributed by atoms with van der Waals surface area (Å²) >= 11 is 7.62. The molecule has 0 unspecified atom stereocenters. The molecule has 2 nitrogen and oxygen atoms in total. The molecule has 0 fully saturated rings. The molecule has 0 radical (unpaired) electrons. The van der Waals surface area contributed by atoms with E-state index in [9.17, 15) is 0 Å². The van der Waals surface area contributed by atoms with E-state index in [1.807, 2.05) is 36.5 Å². The molecule has 0 saturated heterocycles. The van der Waals surface area contributed by atoms with Crippen LogP contribution in [-0.4, -0.2) is 4.98 Å². The highest BCUT2D eigenvalue weighted by Gasteiger charge is 2.04. The van der Waals surface area contributed by atoms with Crippen LogP contribution in [0.25, 0.3) is 0 Å². The van der Waals surface area contributed by atoms with Crippen LogP contribution in [0.15, 0.2) is 47.5 Å². The summed E-state index contributed by atoms with van der Waals surface area (Å²) < 4.78 is 0. The second-order valence-corrected chi connectivity index (χ2v) is 5.83. The molecule has 0 amide bonds. The number of rotatable bonds is 5. The first-order chi connectivity index (χ1) is 9.19. The fourth-order valence-electron chi connectivity index (χ4n) is 1.65. The Bertz CT molecular complexity index is 511. The summed E-state index contributed by atoms with van der Waals surface area (Å²) in [4.78, 5) is 5.56. The fourth-order valence-corrected chi connectivity index (χ4v) is 2.60. The van der Waals surface area contributed by atoms with Gasteiger partial charge >= 0.3 is 0 Å². The van der Waals surface area contributed by atoms with E-state index in [0.29, 0.717) is 0 Å². The summed E-state index contributed by atoms with van der Waals surface area (Å²) in [5.74, 6) is 0.915. The van der Waals surface area contributed by atoms with Gasteiger partial charge in [-0.05, 0) is 36.2 Å². The Morgan fingerprint density at radius 2 is 1.95 bits per heavy atom. The summed E-state index contributed by atoms with van der Waals surface area (Å²) in [6.07, 6.45) is 2.80. The Hall–Kier alpha value is -1.03. The van der Waals surface area contributed by atoms with E-state index in [-0.39, 0.29) is 6.04 Å². The van der Waals surface area contributed by atoms with Crippen molar-refractivity contribution in [3.8, 4) is 0 Å². The zero-order valence-electron chi connectivity index (χ0n) is 10.8. The van der Waals surface area contributed by atoms with Gasteiger partial charge in [-0.15, -0.1) is 11.8 Å².